The molecule has 0 spiro atoms. The molecular weight excluding hydrogens is 380 g/mol. The van der Waals surface area contributed by atoms with Crippen LogP contribution in [0.4, 0.5) is 8.78 Å². The second kappa shape index (κ2) is 9.80. The van der Waals surface area contributed by atoms with Crippen molar-refractivity contribution in [1.82, 2.24) is 15.5 Å². The minimum absolute atomic E-state index is 0.0759. The Kier molecular flexibility index (Phi) is 7.70. The molecule has 2 rings (SSSR count). The molecule has 0 bridgehead atoms. The summed E-state index contributed by atoms with van der Waals surface area (Å²) in [4.78, 5) is 39.1. The zero-order chi connectivity index (χ0) is 21.7. The second-order valence-electron chi connectivity index (χ2n) is 8.08. The predicted molar refractivity (Wildman–Crippen MR) is 105 cm³/mol. The number of halogens is 2. The first kappa shape index (κ1) is 22.8. The number of carbonyl (C=O) groups excluding carboxylic acids is 3. The van der Waals surface area contributed by atoms with Crippen LogP contribution in [0.25, 0.3) is 0 Å². The van der Waals surface area contributed by atoms with Gasteiger partial charge < -0.3 is 15.5 Å². The summed E-state index contributed by atoms with van der Waals surface area (Å²) in [6.45, 7) is 7.94. The standard InChI is InChI=1S/C21H29F2N3O3/c1-12(2)18(25-20(28)17-15(22)8-5-9-16(17)23)21(29)26-10-6-7-14(11-26)24-19(27)13(3)4/h5,8-9,12-14,18H,6-7,10-11H2,1-4H3,(H,24,27)(H,25,28). The van der Waals surface area contributed by atoms with Gasteiger partial charge in [0.1, 0.15) is 23.2 Å². The number of piperidine rings is 1. The first-order valence-electron chi connectivity index (χ1n) is 9.95. The van der Waals surface area contributed by atoms with E-state index in [1.807, 2.05) is 0 Å². The Hall–Kier alpha value is -2.51. The van der Waals surface area contributed by atoms with E-state index in [0.717, 1.165) is 25.0 Å². The number of benzene rings is 1. The summed E-state index contributed by atoms with van der Waals surface area (Å²) in [5.74, 6) is -3.76. The second-order valence-corrected chi connectivity index (χ2v) is 8.08. The van der Waals surface area contributed by atoms with Crippen LogP contribution in [0.2, 0.25) is 0 Å². The maximum atomic E-state index is 13.9. The molecule has 1 aromatic rings. The van der Waals surface area contributed by atoms with Crippen molar-refractivity contribution in [3.05, 3.63) is 35.4 Å². The first-order valence-corrected chi connectivity index (χ1v) is 9.95. The molecule has 0 radical (unpaired) electrons. The van der Waals surface area contributed by atoms with Gasteiger partial charge in [-0.1, -0.05) is 33.8 Å². The van der Waals surface area contributed by atoms with Gasteiger partial charge >= 0.3 is 0 Å². The van der Waals surface area contributed by atoms with Crippen LogP contribution in [0.15, 0.2) is 18.2 Å². The first-order chi connectivity index (χ1) is 13.6. The largest absolute Gasteiger partial charge is 0.351 e. The smallest absolute Gasteiger partial charge is 0.257 e. The molecule has 2 atom stereocenters. The van der Waals surface area contributed by atoms with Crippen LogP contribution in [-0.2, 0) is 9.59 Å². The summed E-state index contributed by atoms with van der Waals surface area (Å²) in [5.41, 5.74) is -0.702. The molecule has 29 heavy (non-hydrogen) atoms. The maximum absolute atomic E-state index is 13.9. The molecule has 1 fully saturated rings. The summed E-state index contributed by atoms with van der Waals surface area (Å²) in [6, 6.07) is 2.08. The summed E-state index contributed by atoms with van der Waals surface area (Å²) >= 11 is 0. The lowest BCUT2D eigenvalue weighted by molar-refractivity contribution is -0.136. The minimum atomic E-state index is -0.980. The summed E-state index contributed by atoms with van der Waals surface area (Å²) in [6.07, 6.45) is 1.48. The highest BCUT2D eigenvalue weighted by Crippen LogP contribution is 2.17. The van der Waals surface area contributed by atoms with Crippen molar-refractivity contribution in [1.29, 1.82) is 0 Å². The van der Waals surface area contributed by atoms with Gasteiger partial charge in [0.2, 0.25) is 11.8 Å². The molecule has 6 nitrogen and oxygen atoms in total. The SMILES string of the molecule is CC(C)C(=O)NC1CCCN(C(=O)C(NC(=O)c2c(F)cccc2F)C(C)C)C1. The zero-order valence-corrected chi connectivity index (χ0v) is 17.3. The van der Waals surface area contributed by atoms with Crippen molar-refractivity contribution in [3.63, 3.8) is 0 Å². The zero-order valence-electron chi connectivity index (χ0n) is 17.3. The molecule has 2 N–H and O–H groups in total. The minimum Gasteiger partial charge on any atom is -0.351 e. The summed E-state index contributed by atoms with van der Waals surface area (Å²) in [5, 5.41) is 5.42. The van der Waals surface area contributed by atoms with E-state index in [4.69, 9.17) is 0 Å². The van der Waals surface area contributed by atoms with Gasteiger partial charge in [0.25, 0.3) is 5.91 Å². The molecule has 1 aliphatic heterocycles. The molecule has 0 aromatic heterocycles. The van der Waals surface area contributed by atoms with Crippen LogP contribution in [-0.4, -0.2) is 47.8 Å². The summed E-state index contributed by atoms with van der Waals surface area (Å²) in [7, 11) is 0. The molecule has 0 aliphatic carbocycles. The Balaban J connectivity index is 2.11. The molecule has 160 valence electrons. The molecule has 1 aliphatic rings. The number of likely N-dealkylation sites (tertiary alicyclic amines) is 1. The van der Waals surface area contributed by atoms with Gasteiger partial charge in [0, 0.05) is 25.0 Å². The van der Waals surface area contributed by atoms with E-state index in [0.29, 0.717) is 13.1 Å². The fraction of sp³-hybridized carbons (Fsp3) is 0.571. The fourth-order valence-electron chi connectivity index (χ4n) is 3.30. The Labute approximate surface area is 170 Å². The van der Waals surface area contributed by atoms with Gasteiger partial charge in [0.15, 0.2) is 0 Å². The molecule has 1 heterocycles. The highest BCUT2D eigenvalue weighted by Gasteiger charge is 2.33. The van der Waals surface area contributed by atoms with Crippen LogP contribution in [0.3, 0.4) is 0 Å². The number of carbonyl (C=O) groups is 3. The maximum Gasteiger partial charge on any atom is 0.257 e. The van der Waals surface area contributed by atoms with Crippen molar-refractivity contribution in [2.45, 2.75) is 52.6 Å². The number of hydrogen-bond acceptors (Lipinski definition) is 3. The Morgan fingerprint density at radius 3 is 2.28 bits per heavy atom. The quantitative estimate of drug-likeness (QED) is 0.758. The van der Waals surface area contributed by atoms with E-state index in [1.54, 1.807) is 32.6 Å². The highest BCUT2D eigenvalue weighted by molar-refractivity contribution is 5.98. The van der Waals surface area contributed by atoms with Crippen molar-refractivity contribution in [3.8, 4) is 0 Å². The Bertz CT molecular complexity index is 747. The van der Waals surface area contributed by atoms with Crippen molar-refractivity contribution < 1.29 is 23.2 Å². The van der Waals surface area contributed by atoms with Gasteiger partial charge in [-0.15, -0.1) is 0 Å². The van der Waals surface area contributed by atoms with E-state index in [9.17, 15) is 23.2 Å². The molecule has 8 heteroatoms. The molecule has 2 unspecified atom stereocenters. The molecule has 1 saturated heterocycles. The third kappa shape index (κ3) is 5.74. The van der Waals surface area contributed by atoms with Crippen LogP contribution in [0.5, 0.6) is 0 Å². The number of nitrogens with zero attached hydrogens (tertiary/aromatic N) is 1. The molecule has 1 aromatic carbocycles. The molecular formula is C21H29F2N3O3. The molecule has 3 amide bonds. The average molecular weight is 409 g/mol. The van der Waals surface area contributed by atoms with E-state index in [-0.39, 0.29) is 29.7 Å². The van der Waals surface area contributed by atoms with Gasteiger partial charge in [-0.05, 0) is 30.9 Å². The van der Waals surface area contributed by atoms with Crippen LogP contribution in [0.1, 0.15) is 50.9 Å². The third-order valence-corrected chi connectivity index (χ3v) is 5.01. The van der Waals surface area contributed by atoms with Crippen LogP contribution >= 0.6 is 0 Å². The van der Waals surface area contributed by atoms with Crippen molar-refractivity contribution >= 4 is 17.7 Å². The molecule has 0 saturated carbocycles. The van der Waals surface area contributed by atoms with Gasteiger partial charge in [-0.3, -0.25) is 14.4 Å². The Morgan fingerprint density at radius 2 is 1.72 bits per heavy atom. The highest BCUT2D eigenvalue weighted by atomic mass is 19.1. The van der Waals surface area contributed by atoms with E-state index in [1.165, 1.54) is 6.07 Å². The number of hydrogen-bond donors (Lipinski definition) is 2. The lowest BCUT2D eigenvalue weighted by Crippen LogP contribution is -2.56. The van der Waals surface area contributed by atoms with Crippen molar-refractivity contribution in [2.24, 2.45) is 11.8 Å². The van der Waals surface area contributed by atoms with Gasteiger partial charge in [-0.25, -0.2) is 8.78 Å². The lowest BCUT2D eigenvalue weighted by atomic mass is 9.98. The Morgan fingerprint density at radius 1 is 1.10 bits per heavy atom. The van der Waals surface area contributed by atoms with E-state index in [2.05, 4.69) is 10.6 Å². The number of nitrogens with one attached hydrogen (secondary N) is 2. The van der Waals surface area contributed by atoms with Gasteiger partial charge in [0.05, 0.1) is 0 Å². The monoisotopic (exact) mass is 409 g/mol. The number of amides is 3. The third-order valence-electron chi connectivity index (χ3n) is 5.01. The fourth-order valence-corrected chi connectivity index (χ4v) is 3.30. The van der Waals surface area contributed by atoms with Crippen LogP contribution < -0.4 is 10.6 Å². The van der Waals surface area contributed by atoms with E-state index < -0.39 is 29.1 Å². The summed E-state index contributed by atoms with van der Waals surface area (Å²) < 4.78 is 27.8. The topological polar surface area (TPSA) is 78.5 Å². The van der Waals surface area contributed by atoms with Crippen LogP contribution in [0, 0.1) is 23.5 Å². The normalized spacial score (nSPS) is 17.9. The predicted octanol–water partition coefficient (Wildman–Crippen LogP) is 2.48. The lowest BCUT2D eigenvalue weighted by Gasteiger charge is -2.36. The average Bonchev–Trinajstić information content (AvgIpc) is 2.65. The van der Waals surface area contributed by atoms with Gasteiger partial charge in [-0.2, -0.15) is 0 Å². The van der Waals surface area contributed by atoms with E-state index >= 15 is 0 Å². The number of rotatable bonds is 6. The van der Waals surface area contributed by atoms with Crippen molar-refractivity contribution in [2.75, 3.05) is 13.1 Å².